The zero-order chi connectivity index (χ0) is 25.9. The molecule has 2 N–H and O–H groups in total. The molecule has 38 heavy (non-hydrogen) atoms. The first-order chi connectivity index (χ1) is 18.7. The minimum absolute atomic E-state index is 0.202. The van der Waals surface area contributed by atoms with E-state index < -0.39 is 0 Å². The Morgan fingerprint density at radius 2 is 1.68 bits per heavy atom. The summed E-state index contributed by atoms with van der Waals surface area (Å²) >= 11 is 1.50. The SMILES string of the molecule is COc1ccccc1-c1nnc(SCc2nc(N)nc(N3CCCc4ccccc43)n2)n1-c1ccccc1. The fourth-order valence-electron chi connectivity index (χ4n) is 4.66. The van der Waals surface area contributed by atoms with Crippen LogP contribution in [0.25, 0.3) is 17.1 Å². The number of methoxy groups -OCH3 is 1. The summed E-state index contributed by atoms with van der Waals surface area (Å²) in [5, 5.41) is 9.78. The number of hydrogen-bond acceptors (Lipinski definition) is 9. The monoisotopic (exact) mass is 522 g/mol. The highest BCUT2D eigenvalue weighted by atomic mass is 32.2. The van der Waals surface area contributed by atoms with Gasteiger partial charge in [0.15, 0.2) is 11.0 Å². The predicted octanol–water partition coefficient (Wildman–Crippen LogP) is 5.09. The van der Waals surface area contributed by atoms with Gasteiger partial charge in [0, 0.05) is 17.9 Å². The molecule has 0 amide bonds. The lowest BCUT2D eigenvalue weighted by atomic mass is 10.0. The molecule has 5 aromatic rings. The highest BCUT2D eigenvalue weighted by molar-refractivity contribution is 7.98. The maximum atomic E-state index is 6.14. The molecule has 3 aromatic carbocycles. The van der Waals surface area contributed by atoms with Crippen LogP contribution >= 0.6 is 11.8 Å². The highest BCUT2D eigenvalue weighted by Gasteiger charge is 2.22. The zero-order valence-electron chi connectivity index (χ0n) is 20.9. The number of aromatic nitrogens is 6. The third-order valence-corrected chi connectivity index (χ3v) is 7.29. The highest BCUT2D eigenvalue weighted by Crippen LogP contribution is 2.35. The molecular formula is C28H26N8OS. The van der Waals surface area contributed by atoms with Gasteiger partial charge in [0.25, 0.3) is 0 Å². The number of fused-ring (bicyclic) bond motifs is 1. The van der Waals surface area contributed by atoms with Gasteiger partial charge in [-0.15, -0.1) is 10.2 Å². The number of nitrogen functional groups attached to an aromatic ring is 1. The van der Waals surface area contributed by atoms with Crippen molar-refractivity contribution in [1.82, 2.24) is 29.7 Å². The van der Waals surface area contributed by atoms with E-state index in [0.29, 0.717) is 28.5 Å². The number of para-hydroxylation sites is 3. The fraction of sp³-hybridized carbons (Fsp3) is 0.179. The van der Waals surface area contributed by atoms with Crippen molar-refractivity contribution in [2.45, 2.75) is 23.8 Å². The number of rotatable bonds is 7. The van der Waals surface area contributed by atoms with Crippen molar-refractivity contribution in [2.24, 2.45) is 0 Å². The van der Waals surface area contributed by atoms with E-state index in [-0.39, 0.29) is 5.95 Å². The molecule has 1 aliphatic rings. The molecule has 0 spiro atoms. The number of ether oxygens (including phenoxy) is 1. The molecule has 1 aliphatic heterocycles. The van der Waals surface area contributed by atoms with E-state index >= 15 is 0 Å². The summed E-state index contributed by atoms with van der Waals surface area (Å²) in [6.45, 7) is 0.831. The van der Waals surface area contributed by atoms with E-state index in [1.165, 1.54) is 17.3 Å². The summed E-state index contributed by atoms with van der Waals surface area (Å²) < 4.78 is 7.63. The van der Waals surface area contributed by atoms with Gasteiger partial charge in [0.05, 0.1) is 18.4 Å². The Hall–Kier alpha value is -4.44. The van der Waals surface area contributed by atoms with E-state index in [2.05, 4.69) is 43.3 Å². The van der Waals surface area contributed by atoms with Crippen molar-refractivity contribution in [3.63, 3.8) is 0 Å². The summed E-state index contributed by atoms with van der Waals surface area (Å²) in [6, 6.07) is 26.2. The standard InChI is InChI=1S/C28H26N8OS/c1-37-23-16-8-6-14-21(23)25-33-34-28(36(25)20-12-3-2-4-13-20)38-18-24-30-26(29)32-27(31-24)35-17-9-11-19-10-5-7-15-22(19)35/h2-8,10,12-16H,9,11,17-18H2,1H3,(H2,29,30,31,32). The maximum absolute atomic E-state index is 6.14. The van der Waals surface area contributed by atoms with Crippen molar-refractivity contribution in [1.29, 1.82) is 0 Å². The molecule has 190 valence electrons. The second-order valence-electron chi connectivity index (χ2n) is 8.76. The fourth-order valence-corrected chi connectivity index (χ4v) is 5.46. The molecule has 0 bridgehead atoms. The molecule has 2 aromatic heterocycles. The van der Waals surface area contributed by atoms with Crippen LogP contribution in [0.4, 0.5) is 17.6 Å². The molecule has 10 heteroatoms. The minimum Gasteiger partial charge on any atom is -0.496 e. The Kier molecular flexibility index (Phi) is 6.62. The van der Waals surface area contributed by atoms with Gasteiger partial charge in [-0.25, -0.2) is 0 Å². The predicted molar refractivity (Wildman–Crippen MR) is 149 cm³/mol. The maximum Gasteiger partial charge on any atom is 0.235 e. The largest absolute Gasteiger partial charge is 0.496 e. The molecule has 0 saturated carbocycles. The van der Waals surface area contributed by atoms with Crippen LogP contribution in [-0.2, 0) is 12.2 Å². The molecular weight excluding hydrogens is 496 g/mol. The molecule has 0 unspecified atom stereocenters. The average Bonchev–Trinajstić information content (AvgIpc) is 3.39. The zero-order valence-corrected chi connectivity index (χ0v) is 21.7. The number of benzene rings is 3. The average molecular weight is 523 g/mol. The van der Waals surface area contributed by atoms with Gasteiger partial charge in [-0.2, -0.15) is 15.0 Å². The molecule has 0 radical (unpaired) electrons. The van der Waals surface area contributed by atoms with Gasteiger partial charge >= 0.3 is 0 Å². The Bertz CT molecular complexity index is 1570. The number of thioether (sulfide) groups is 1. The normalized spacial score (nSPS) is 12.8. The summed E-state index contributed by atoms with van der Waals surface area (Å²) in [6.07, 6.45) is 2.07. The van der Waals surface area contributed by atoms with Crippen molar-refractivity contribution < 1.29 is 4.74 Å². The quantitative estimate of drug-likeness (QED) is 0.293. The third kappa shape index (κ3) is 4.66. The summed E-state index contributed by atoms with van der Waals surface area (Å²) in [7, 11) is 1.65. The molecule has 3 heterocycles. The molecule has 0 saturated heterocycles. The topological polar surface area (TPSA) is 108 Å². The van der Waals surface area contributed by atoms with E-state index in [0.717, 1.165) is 42.1 Å². The smallest absolute Gasteiger partial charge is 0.235 e. The van der Waals surface area contributed by atoms with Crippen LogP contribution in [0.15, 0.2) is 84.0 Å². The first-order valence-electron chi connectivity index (χ1n) is 12.3. The van der Waals surface area contributed by atoms with Gasteiger partial charge in [0.2, 0.25) is 11.9 Å². The molecule has 6 rings (SSSR count). The van der Waals surface area contributed by atoms with Crippen molar-refractivity contribution in [3.05, 3.63) is 90.3 Å². The van der Waals surface area contributed by atoms with Gasteiger partial charge in [-0.1, -0.05) is 60.3 Å². The number of nitrogens with zero attached hydrogens (tertiary/aromatic N) is 7. The Labute approximate surface area is 224 Å². The van der Waals surface area contributed by atoms with Crippen LogP contribution in [-0.4, -0.2) is 43.4 Å². The lowest BCUT2D eigenvalue weighted by molar-refractivity contribution is 0.416. The van der Waals surface area contributed by atoms with Crippen LogP contribution in [0.3, 0.4) is 0 Å². The lowest BCUT2D eigenvalue weighted by Gasteiger charge is -2.29. The second-order valence-corrected chi connectivity index (χ2v) is 9.70. The number of nitrogens with two attached hydrogens (primary N) is 1. The first kappa shape index (κ1) is 23.9. The summed E-state index contributed by atoms with van der Waals surface area (Å²) in [5.74, 6) is 3.23. The van der Waals surface area contributed by atoms with E-state index in [4.69, 9.17) is 15.5 Å². The summed E-state index contributed by atoms with van der Waals surface area (Å²) in [4.78, 5) is 15.8. The van der Waals surface area contributed by atoms with Crippen molar-refractivity contribution >= 4 is 29.3 Å². The molecule has 9 nitrogen and oxygen atoms in total. The number of hydrogen-bond donors (Lipinski definition) is 1. The third-order valence-electron chi connectivity index (χ3n) is 6.36. The van der Waals surface area contributed by atoms with Crippen LogP contribution in [0.1, 0.15) is 17.8 Å². The van der Waals surface area contributed by atoms with Crippen LogP contribution in [0.2, 0.25) is 0 Å². The first-order valence-corrected chi connectivity index (χ1v) is 13.3. The van der Waals surface area contributed by atoms with Crippen LogP contribution in [0.5, 0.6) is 5.75 Å². The molecule has 0 aliphatic carbocycles. The summed E-state index contributed by atoms with van der Waals surface area (Å²) in [5.41, 5.74) is 10.3. The van der Waals surface area contributed by atoms with Gasteiger partial charge < -0.3 is 15.4 Å². The van der Waals surface area contributed by atoms with Gasteiger partial charge in [-0.05, 0) is 48.7 Å². The van der Waals surface area contributed by atoms with Gasteiger partial charge in [-0.3, -0.25) is 4.57 Å². The van der Waals surface area contributed by atoms with Crippen LogP contribution in [0, 0.1) is 0 Å². The minimum atomic E-state index is 0.202. The van der Waals surface area contributed by atoms with Crippen molar-refractivity contribution in [2.75, 3.05) is 24.3 Å². The molecule has 0 fully saturated rings. The Morgan fingerprint density at radius 1 is 0.895 bits per heavy atom. The van der Waals surface area contributed by atoms with Crippen molar-refractivity contribution in [3.8, 4) is 22.8 Å². The Balaban J connectivity index is 1.33. The van der Waals surface area contributed by atoms with E-state index in [1.807, 2.05) is 65.2 Å². The lowest BCUT2D eigenvalue weighted by Crippen LogP contribution is -2.27. The molecule has 0 atom stereocenters. The van der Waals surface area contributed by atoms with E-state index in [9.17, 15) is 0 Å². The number of aryl methyl sites for hydroxylation is 1. The van der Waals surface area contributed by atoms with Crippen LogP contribution < -0.4 is 15.4 Å². The second kappa shape index (κ2) is 10.5. The van der Waals surface area contributed by atoms with Gasteiger partial charge in [0.1, 0.15) is 11.6 Å². The number of anilines is 3. The van der Waals surface area contributed by atoms with E-state index in [1.54, 1.807) is 7.11 Å². The Morgan fingerprint density at radius 3 is 2.55 bits per heavy atom.